The third kappa shape index (κ3) is 4.93. The molecule has 2 nitrogen and oxygen atoms in total. The van der Waals surface area contributed by atoms with Gasteiger partial charge in [-0.1, -0.05) is 152 Å². The molecule has 0 unspecified atom stereocenters. The van der Waals surface area contributed by atoms with E-state index in [0.717, 1.165) is 76.8 Å². The van der Waals surface area contributed by atoms with E-state index in [0.29, 0.717) is 5.69 Å². The lowest BCUT2D eigenvalue weighted by molar-refractivity contribution is 0.671. The first-order valence-electron chi connectivity index (χ1n) is 18.1. The zero-order valence-corrected chi connectivity index (χ0v) is 28.3. The molecule has 10 rings (SSSR count). The Morgan fingerprint density at radius 3 is 1.75 bits per heavy atom. The SMILES string of the molecule is [2H]c1cc(-c2cccc3c2oc2c(-c4ccccc4)cccc23)c(-c2ccccc2)c([2H])c1N(c1ccccc1)c1cccc2c1sc1ccccc12. The number of rotatable bonds is 6. The summed E-state index contributed by atoms with van der Waals surface area (Å²) in [5.41, 5.74) is 9.31. The Labute approximate surface area is 302 Å². The van der Waals surface area contributed by atoms with E-state index >= 15 is 0 Å². The number of furan rings is 1. The molecule has 51 heavy (non-hydrogen) atoms. The predicted molar refractivity (Wildman–Crippen MR) is 218 cm³/mol. The van der Waals surface area contributed by atoms with Crippen LogP contribution in [0.15, 0.2) is 192 Å². The molecule has 0 N–H and O–H groups in total. The van der Waals surface area contributed by atoms with Crippen LogP contribution in [0.1, 0.15) is 2.74 Å². The topological polar surface area (TPSA) is 16.4 Å². The van der Waals surface area contributed by atoms with Crippen molar-refractivity contribution in [2.75, 3.05) is 4.90 Å². The summed E-state index contributed by atoms with van der Waals surface area (Å²) in [6.45, 7) is 0. The highest BCUT2D eigenvalue weighted by molar-refractivity contribution is 7.26. The molecule has 2 aromatic heterocycles. The molecule has 0 aliphatic rings. The molecule has 0 aliphatic carbocycles. The van der Waals surface area contributed by atoms with E-state index in [-0.39, 0.29) is 12.1 Å². The van der Waals surface area contributed by atoms with Crippen LogP contribution >= 0.6 is 11.3 Å². The molecule has 0 amide bonds. The molecular weight excluding hydrogens is 639 g/mol. The maximum absolute atomic E-state index is 10.1. The summed E-state index contributed by atoms with van der Waals surface area (Å²) >= 11 is 1.74. The van der Waals surface area contributed by atoms with Crippen LogP contribution < -0.4 is 4.90 Å². The van der Waals surface area contributed by atoms with E-state index in [4.69, 9.17) is 4.42 Å². The van der Waals surface area contributed by atoms with Crippen molar-refractivity contribution in [2.24, 2.45) is 0 Å². The van der Waals surface area contributed by atoms with Crippen LogP contribution in [0.4, 0.5) is 17.1 Å². The first kappa shape index (κ1) is 27.4. The average Bonchev–Trinajstić information content (AvgIpc) is 3.79. The Kier molecular flexibility index (Phi) is 6.54. The number of fused-ring (bicyclic) bond motifs is 6. The lowest BCUT2D eigenvalue weighted by Crippen LogP contribution is -2.10. The van der Waals surface area contributed by atoms with Crippen LogP contribution in [0, 0.1) is 0 Å². The lowest BCUT2D eigenvalue weighted by atomic mass is 9.92. The summed E-state index contributed by atoms with van der Waals surface area (Å²) < 4.78 is 29.1. The first-order chi connectivity index (χ1) is 26.2. The Bertz CT molecular complexity index is 2970. The van der Waals surface area contributed by atoms with Gasteiger partial charge in [-0.15, -0.1) is 11.3 Å². The molecule has 2 heterocycles. The van der Waals surface area contributed by atoms with Gasteiger partial charge in [0.05, 0.1) is 13.1 Å². The number of anilines is 3. The zero-order chi connectivity index (χ0) is 35.5. The van der Waals surface area contributed by atoms with Crippen molar-refractivity contribution >= 4 is 70.5 Å². The van der Waals surface area contributed by atoms with E-state index in [1.54, 1.807) is 11.3 Å². The van der Waals surface area contributed by atoms with Crippen LogP contribution in [-0.2, 0) is 0 Å². The van der Waals surface area contributed by atoms with Crippen molar-refractivity contribution in [1.29, 1.82) is 0 Å². The van der Waals surface area contributed by atoms with Gasteiger partial charge in [-0.25, -0.2) is 0 Å². The molecule has 0 saturated heterocycles. The second-order valence-corrected chi connectivity index (χ2v) is 13.7. The minimum absolute atomic E-state index is 0.254. The van der Waals surface area contributed by atoms with Gasteiger partial charge in [0.25, 0.3) is 0 Å². The van der Waals surface area contributed by atoms with Crippen molar-refractivity contribution in [1.82, 2.24) is 0 Å². The van der Waals surface area contributed by atoms with Crippen LogP contribution in [0.25, 0.3) is 75.5 Å². The van der Waals surface area contributed by atoms with Gasteiger partial charge in [-0.3, -0.25) is 0 Å². The molecule has 0 aliphatic heterocycles. The van der Waals surface area contributed by atoms with Crippen molar-refractivity contribution in [3.05, 3.63) is 188 Å². The largest absolute Gasteiger partial charge is 0.455 e. The highest BCUT2D eigenvalue weighted by Crippen LogP contribution is 2.47. The number of para-hydroxylation sites is 3. The molecule has 0 radical (unpaired) electrons. The fourth-order valence-electron chi connectivity index (χ4n) is 7.35. The number of benzene rings is 8. The molecule has 3 heteroatoms. The average molecular weight is 672 g/mol. The number of nitrogens with zero attached hydrogens (tertiary/aromatic N) is 1. The maximum atomic E-state index is 10.1. The van der Waals surface area contributed by atoms with E-state index in [1.807, 2.05) is 60.7 Å². The molecule has 0 bridgehead atoms. The molecule has 0 spiro atoms. The number of thiophene rings is 1. The summed E-state index contributed by atoms with van der Waals surface area (Å²) in [6, 6.07) is 60.4. The molecule has 0 atom stereocenters. The van der Waals surface area contributed by atoms with Crippen LogP contribution in [-0.4, -0.2) is 0 Å². The molecule has 0 saturated carbocycles. The van der Waals surface area contributed by atoms with E-state index < -0.39 is 0 Å². The Morgan fingerprint density at radius 1 is 0.431 bits per heavy atom. The van der Waals surface area contributed by atoms with E-state index in [2.05, 4.69) is 120 Å². The summed E-state index contributed by atoms with van der Waals surface area (Å²) in [5.74, 6) is 0. The summed E-state index contributed by atoms with van der Waals surface area (Å²) in [4.78, 5) is 2.10. The third-order valence-electron chi connectivity index (χ3n) is 9.69. The van der Waals surface area contributed by atoms with Crippen LogP contribution in [0.2, 0.25) is 0 Å². The minimum Gasteiger partial charge on any atom is -0.455 e. The van der Waals surface area contributed by atoms with Crippen molar-refractivity contribution in [2.45, 2.75) is 0 Å². The number of hydrogen-bond acceptors (Lipinski definition) is 3. The summed E-state index contributed by atoms with van der Waals surface area (Å²) in [5, 5.41) is 4.39. The van der Waals surface area contributed by atoms with Gasteiger partial charge in [-0.05, 0) is 58.6 Å². The summed E-state index contributed by atoms with van der Waals surface area (Å²) in [6.07, 6.45) is 0. The fraction of sp³-hybridized carbons (Fsp3) is 0. The van der Waals surface area contributed by atoms with Gasteiger partial charge in [0, 0.05) is 48.7 Å². The Morgan fingerprint density at radius 2 is 1.00 bits per heavy atom. The maximum Gasteiger partial charge on any atom is 0.143 e. The predicted octanol–water partition coefficient (Wildman–Crippen LogP) is 14.4. The highest BCUT2D eigenvalue weighted by atomic mass is 32.1. The van der Waals surface area contributed by atoms with E-state index in [9.17, 15) is 2.74 Å². The van der Waals surface area contributed by atoms with Crippen molar-refractivity contribution < 1.29 is 7.16 Å². The molecule has 10 aromatic rings. The summed E-state index contributed by atoms with van der Waals surface area (Å²) in [7, 11) is 0. The highest BCUT2D eigenvalue weighted by Gasteiger charge is 2.22. The molecule has 0 fully saturated rings. The lowest BCUT2D eigenvalue weighted by Gasteiger charge is -2.27. The zero-order valence-electron chi connectivity index (χ0n) is 29.5. The smallest absolute Gasteiger partial charge is 0.143 e. The van der Waals surface area contributed by atoms with Gasteiger partial charge in [0.2, 0.25) is 0 Å². The van der Waals surface area contributed by atoms with Gasteiger partial charge >= 0.3 is 0 Å². The van der Waals surface area contributed by atoms with Crippen LogP contribution in [0.5, 0.6) is 0 Å². The molecular formula is C48H31NOS. The monoisotopic (exact) mass is 671 g/mol. The third-order valence-corrected chi connectivity index (χ3v) is 10.9. The van der Waals surface area contributed by atoms with Crippen molar-refractivity contribution in [3.8, 4) is 33.4 Å². The quantitative estimate of drug-likeness (QED) is 0.175. The fourth-order valence-corrected chi connectivity index (χ4v) is 8.56. The standard InChI is InChI=1S/C48H31NOS/c1-4-15-32(16-5-1)36-22-12-24-40-41-25-13-23-39(47(41)50-46(36)40)37-30-29-35(31-43(37)33-17-6-2-7-18-33)49(34-19-8-3-9-20-34)44-27-14-26-42-38-21-10-11-28-45(38)51-48(42)44/h1-31H/i29D,31D. The number of hydrogen-bond donors (Lipinski definition) is 0. The minimum atomic E-state index is 0.254. The van der Waals surface area contributed by atoms with Gasteiger partial charge in [0.15, 0.2) is 0 Å². The Hall–Kier alpha value is -6.42. The van der Waals surface area contributed by atoms with Gasteiger partial charge in [0.1, 0.15) is 11.2 Å². The molecule has 240 valence electrons. The molecule has 8 aromatic carbocycles. The van der Waals surface area contributed by atoms with Crippen LogP contribution in [0.3, 0.4) is 0 Å². The second kappa shape index (κ2) is 12.2. The van der Waals surface area contributed by atoms with E-state index in [1.165, 1.54) is 10.1 Å². The first-order valence-corrected chi connectivity index (χ1v) is 17.9. The normalized spacial score (nSPS) is 12.1. The second-order valence-electron chi connectivity index (χ2n) is 12.7. The van der Waals surface area contributed by atoms with Gasteiger partial charge < -0.3 is 9.32 Å². The Balaban J connectivity index is 1.26. The van der Waals surface area contributed by atoms with Crippen molar-refractivity contribution in [3.63, 3.8) is 0 Å². The van der Waals surface area contributed by atoms with Gasteiger partial charge in [-0.2, -0.15) is 0 Å².